The van der Waals surface area contributed by atoms with Gasteiger partial charge in [0.1, 0.15) is 12.9 Å². The van der Waals surface area contributed by atoms with Crippen molar-refractivity contribution in [3.63, 3.8) is 0 Å². The van der Waals surface area contributed by atoms with Gasteiger partial charge in [-0.25, -0.2) is 0 Å². The average Bonchev–Trinajstić information content (AvgIpc) is 1.89. The van der Waals surface area contributed by atoms with Gasteiger partial charge in [-0.1, -0.05) is 0 Å². The fourth-order valence-corrected chi connectivity index (χ4v) is 0.437. The van der Waals surface area contributed by atoms with Crippen LogP contribution in [-0.2, 0) is 14.3 Å². The second-order valence-corrected chi connectivity index (χ2v) is 1.59. The molecule has 0 rings (SSSR count). The van der Waals surface area contributed by atoms with E-state index in [4.69, 9.17) is 9.47 Å². The Morgan fingerprint density at radius 1 is 1.44 bits per heavy atom. The highest BCUT2D eigenvalue weighted by atomic mass is 16.5. The summed E-state index contributed by atoms with van der Waals surface area (Å²) in [5.74, 6) is 0. The Morgan fingerprint density at radius 2 is 2.22 bits per heavy atom. The number of hydrogen-bond acceptors (Lipinski definition) is 3. The van der Waals surface area contributed by atoms with Gasteiger partial charge in [-0.3, -0.25) is 0 Å². The van der Waals surface area contributed by atoms with Crippen molar-refractivity contribution in [3.05, 3.63) is 0 Å². The Balaban J connectivity index is 2.66. The molecule has 0 unspecified atom stereocenters. The minimum atomic E-state index is 0.198. The molecular formula is C6H12O3. The number of carbonyl (C=O) groups is 1. The van der Waals surface area contributed by atoms with Crippen molar-refractivity contribution < 1.29 is 14.3 Å². The van der Waals surface area contributed by atoms with E-state index in [1.165, 1.54) is 0 Å². The third-order valence-electron chi connectivity index (χ3n) is 0.823. The SMILES string of the molecule is COCCCOCC=O. The van der Waals surface area contributed by atoms with Crippen molar-refractivity contribution in [3.8, 4) is 0 Å². The maximum absolute atomic E-state index is 9.68. The molecule has 0 spiro atoms. The first-order chi connectivity index (χ1) is 4.41. The first-order valence-electron chi connectivity index (χ1n) is 2.92. The highest BCUT2D eigenvalue weighted by molar-refractivity contribution is 5.50. The van der Waals surface area contributed by atoms with Crippen LogP contribution in [0.2, 0.25) is 0 Å². The Bertz CT molecular complexity index is 63.3. The van der Waals surface area contributed by atoms with Gasteiger partial charge in [0.15, 0.2) is 0 Å². The number of rotatable bonds is 6. The highest BCUT2D eigenvalue weighted by Crippen LogP contribution is 1.80. The minimum absolute atomic E-state index is 0.198. The second kappa shape index (κ2) is 7.59. The molecule has 0 bridgehead atoms. The molecule has 0 fully saturated rings. The third-order valence-corrected chi connectivity index (χ3v) is 0.823. The first-order valence-corrected chi connectivity index (χ1v) is 2.92. The third kappa shape index (κ3) is 7.59. The van der Waals surface area contributed by atoms with E-state index in [9.17, 15) is 4.79 Å². The minimum Gasteiger partial charge on any atom is -0.385 e. The molecule has 0 N–H and O–H groups in total. The smallest absolute Gasteiger partial charge is 0.145 e. The Morgan fingerprint density at radius 3 is 2.78 bits per heavy atom. The van der Waals surface area contributed by atoms with E-state index in [-0.39, 0.29) is 6.61 Å². The standard InChI is InChI=1S/C6H12O3/c1-8-4-2-5-9-6-3-7/h3H,2,4-6H2,1H3. The topological polar surface area (TPSA) is 35.5 Å². The van der Waals surface area contributed by atoms with E-state index in [0.29, 0.717) is 13.2 Å². The molecule has 0 atom stereocenters. The quantitative estimate of drug-likeness (QED) is 0.383. The lowest BCUT2D eigenvalue weighted by Gasteiger charge is -1.97. The Labute approximate surface area is 55.0 Å². The molecule has 0 aliphatic carbocycles. The summed E-state index contributed by atoms with van der Waals surface area (Å²) in [4.78, 5) is 9.68. The molecule has 0 aromatic rings. The fraction of sp³-hybridized carbons (Fsp3) is 0.833. The molecule has 0 aliphatic rings. The summed E-state index contributed by atoms with van der Waals surface area (Å²) in [7, 11) is 1.64. The molecule has 0 saturated heterocycles. The molecule has 3 nitrogen and oxygen atoms in total. The number of carbonyl (C=O) groups excluding carboxylic acids is 1. The Hall–Kier alpha value is -0.410. The maximum Gasteiger partial charge on any atom is 0.145 e. The normalized spacial score (nSPS) is 9.44. The molecule has 0 amide bonds. The summed E-state index contributed by atoms with van der Waals surface area (Å²) in [5, 5.41) is 0. The molecule has 54 valence electrons. The van der Waals surface area contributed by atoms with Crippen LogP contribution in [0.1, 0.15) is 6.42 Å². The molecule has 0 aromatic heterocycles. The predicted molar refractivity (Wildman–Crippen MR) is 33.4 cm³/mol. The predicted octanol–water partition coefficient (Wildman–Crippen LogP) is 0.238. The van der Waals surface area contributed by atoms with Crippen molar-refractivity contribution in [2.75, 3.05) is 26.9 Å². The van der Waals surface area contributed by atoms with Gasteiger partial charge < -0.3 is 14.3 Å². The Kier molecular flexibility index (Phi) is 7.24. The van der Waals surface area contributed by atoms with Crippen molar-refractivity contribution in [1.29, 1.82) is 0 Å². The van der Waals surface area contributed by atoms with Crippen LogP contribution < -0.4 is 0 Å². The van der Waals surface area contributed by atoms with E-state index in [1.54, 1.807) is 7.11 Å². The van der Waals surface area contributed by atoms with E-state index < -0.39 is 0 Å². The van der Waals surface area contributed by atoms with Gasteiger partial charge >= 0.3 is 0 Å². The van der Waals surface area contributed by atoms with E-state index in [1.807, 2.05) is 0 Å². The monoisotopic (exact) mass is 132 g/mol. The summed E-state index contributed by atoms with van der Waals surface area (Å²) >= 11 is 0. The van der Waals surface area contributed by atoms with Gasteiger partial charge in [-0.15, -0.1) is 0 Å². The maximum atomic E-state index is 9.68. The van der Waals surface area contributed by atoms with Crippen molar-refractivity contribution in [1.82, 2.24) is 0 Å². The largest absolute Gasteiger partial charge is 0.385 e. The van der Waals surface area contributed by atoms with Crippen molar-refractivity contribution >= 4 is 6.29 Å². The van der Waals surface area contributed by atoms with Crippen LogP contribution in [0.4, 0.5) is 0 Å². The van der Waals surface area contributed by atoms with Gasteiger partial charge in [0.2, 0.25) is 0 Å². The summed E-state index contributed by atoms with van der Waals surface area (Å²) < 4.78 is 9.59. The van der Waals surface area contributed by atoms with E-state index >= 15 is 0 Å². The zero-order valence-electron chi connectivity index (χ0n) is 5.63. The zero-order valence-corrected chi connectivity index (χ0v) is 5.63. The van der Waals surface area contributed by atoms with Crippen LogP contribution in [-0.4, -0.2) is 33.2 Å². The summed E-state index contributed by atoms with van der Waals surface area (Å²) in [6, 6.07) is 0. The van der Waals surface area contributed by atoms with Gasteiger partial charge in [-0.2, -0.15) is 0 Å². The lowest BCUT2D eigenvalue weighted by Crippen LogP contribution is -2.00. The number of aldehydes is 1. The molecular weight excluding hydrogens is 120 g/mol. The fourth-order valence-electron chi connectivity index (χ4n) is 0.437. The molecule has 0 radical (unpaired) electrons. The molecule has 0 saturated carbocycles. The highest BCUT2D eigenvalue weighted by Gasteiger charge is 1.84. The molecule has 0 heterocycles. The van der Waals surface area contributed by atoms with E-state index in [0.717, 1.165) is 12.7 Å². The van der Waals surface area contributed by atoms with Gasteiger partial charge in [-0.05, 0) is 6.42 Å². The molecule has 3 heteroatoms. The number of hydrogen-bond donors (Lipinski definition) is 0. The van der Waals surface area contributed by atoms with Crippen molar-refractivity contribution in [2.45, 2.75) is 6.42 Å². The summed E-state index contributed by atoms with van der Waals surface area (Å²) in [5.41, 5.74) is 0. The molecule has 0 aliphatic heterocycles. The van der Waals surface area contributed by atoms with Crippen LogP contribution >= 0.6 is 0 Å². The van der Waals surface area contributed by atoms with Crippen molar-refractivity contribution in [2.24, 2.45) is 0 Å². The van der Waals surface area contributed by atoms with E-state index in [2.05, 4.69) is 0 Å². The molecule has 0 aromatic carbocycles. The second-order valence-electron chi connectivity index (χ2n) is 1.59. The summed E-state index contributed by atoms with van der Waals surface area (Å²) in [6.45, 7) is 1.50. The van der Waals surface area contributed by atoms with Crippen LogP contribution in [0, 0.1) is 0 Å². The van der Waals surface area contributed by atoms with Crippen LogP contribution in [0.25, 0.3) is 0 Å². The first kappa shape index (κ1) is 8.59. The zero-order chi connectivity index (χ0) is 6.95. The average molecular weight is 132 g/mol. The summed E-state index contributed by atoms with van der Waals surface area (Å²) in [6.07, 6.45) is 1.59. The lowest BCUT2D eigenvalue weighted by atomic mass is 10.5. The molecule has 9 heavy (non-hydrogen) atoms. The van der Waals surface area contributed by atoms with Crippen LogP contribution in [0.5, 0.6) is 0 Å². The number of methoxy groups -OCH3 is 1. The van der Waals surface area contributed by atoms with Crippen LogP contribution in [0.3, 0.4) is 0 Å². The number of ether oxygens (including phenoxy) is 2. The lowest BCUT2D eigenvalue weighted by molar-refractivity contribution is -0.111. The van der Waals surface area contributed by atoms with Gasteiger partial charge in [0.25, 0.3) is 0 Å². The van der Waals surface area contributed by atoms with Gasteiger partial charge in [0, 0.05) is 20.3 Å². The van der Waals surface area contributed by atoms with Gasteiger partial charge in [0.05, 0.1) is 0 Å². The van der Waals surface area contributed by atoms with Crippen LogP contribution in [0.15, 0.2) is 0 Å².